The van der Waals surface area contributed by atoms with Gasteiger partial charge in [-0.1, -0.05) is 90.4 Å². The number of nitrogens with zero attached hydrogens (tertiary/aromatic N) is 1. The smallest absolute Gasteiger partial charge is 0.0562 e. The lowest BCUT2D eigenvalue weighted by Gasteiger charge is -2.20. The molecule has 2 heteroatoms. The van der Waals surface area contributed by atoms with Crippen LogP contribution >= 0.6 is 0 Å². The van der Waals surface area contributed by atoms with Gasteiger partial charge in [-0.2, -0.15) is 0 Å². The summed E-state index contributed by atoms with van der Waals surface area (Å²) in [6, 6.07) is 0. The van der Waals surface area contributed by atoms with E-state index in [1.165, 1.54) is 89.9 Å². The van der Waals surface area contributed by atoms with Gasteiger partial charge in [-0.15, -0.1) is 0 Å². The van der Waals surface area contributed by atoms with Crippen molar-refractivity contribution in [1.29, 1.82) is 0 Å². The molecule has 1 N–H and O–H groups in total. The van der Waals surface area contributed by atoms with Crippen molar-refractivity contribution in [3.8, 4) is 0 Å². The summed E-state index contributed by atoms with van der Waals surface area (Å²) in [5.41, 5.74) is 0. The minimum atomic E-state index is 0.502. The summed E-state index contributed by atoms with van der Waals surface area (Å²) < 4.78 is 0. The summed E-state index contributed by atoms with van der Waals surface area (Å²) >= 11 is 0. The molecule has 0 bridgehead atoms. The molecule has 0 aromatic carbocycles. The number of unbranched alkanes of at least 4 members (excludes halogenated alkanes) is 13. The van der Waals surface area contributed by atoms with Crippen molar-refractivity contribution in [2.24, 2.45) is 0 Å². The molecular weight excluding hydrogens is 268 g/mol. The fourth-order valence-electron chi connectivity index (χ4n) is 2.81. The number of nitrogens with one attached hydrogen (secondary N) is 1. The van der Waals surface area contributed by atoms with Crippen LogP contribution in [0.3, 0.4) is 0 Å². The van der Waals surface area contributed by atoms with Crippen molar-refractivity contribution >= 4 is 0 Å². The Morgan fingerprint density at radius 2 is 1.00 bits per heavy atom. The van der Waals surface area contributed by atoms with Gasteiger partial charge in [-0.3, -0.25) is 4.90 Å². The van der Waals surface area contributed by atoms with Crippen LogP contribution < -0.4 is 5.32 Å². The van der Waals surface area contributed by atoms with E-state index >= 15 is 0 Å². The van der Waals surface area contributed by atoms with E-state index in [0.29, 0.717) is 6.17 Å². The van der Waals surface area contributed by atoms with Crippen LogP contribution in [-0.2, 0) is 0 Å². The number of hydrogen-bond donors (Lipinski definition) is 1. The minimum absolute atomic E-state index is 0.502. The van der Waals surface area contributed by atoms with Crippen LogP contribution in [0.25, 0.3) is 0 Å². The molecule has 0 amide bonds. The molecule has 0 aliphatic carbocycles. The summed E-state index contributed by atoms with van der Waals surface area (Å²) in [4.78, 5) is 2.23. The van der Waals surface area contributed by atoms with Crippen molar-refractivity contribution in [2.75, 3.05) is 20.6 Å². The first kappa shape index (κ1) is 21.9. The van der Waals surface area contributed by atoms with E-state index in [4.69, 9.17) is 0 Å². The lowest BCUT2D eigenvalue weighted by atomic mass is 10.0. The van der Waals surface area contributed by atoms with E-state index < -0.39 is 0 Å². The van der Waals surface area contributed by atoms with E-state index in [1.807, 2.05) is 0 Å². The Morgan fingerprint density at radius 1 is 0.636 bits per heavy atom. The topological polar surface area (TPSA) is 15.3 Å². The molecule has 0 spiro atoms. The van der Waals surface area contributed by atoms with Gasteiger partial charge in [-0.25, -0.2) is 0 Å². The second-order valence-electron chi connectivity index (χ2n) is 7.19. The zero-order valence-electron chi connectivity index (χ0n) is 16.1. The Bertz CT molecular complexity index is 204. The molecule has 22 heavy (non-hydrogen) atoms. The molecule has 0 aliphatic rings. The maximum Gasteiger partial charge on any atom is 0.0562 e. The molecule has 0 rings (SSSR count). The first-order valence-electron chi connectivity index (χ1n) is 10.1. The minimum Gasteiger partial charge on any atom is -0.302 e. The molecule has 0 radical (unpaired) electrons. The van der Waals surface area contributed by atoms with Gasteiger partial charge < -0.3 is 5.32 Å². The highest BCUT2D eigenvalue weighted by Gasteiger charge is 2.01. The third-order valence-corrected chi connectivity index (χ3v) is 4.74. The molecular formula is C20H44N2. The van der Waals surface area contributed by atoms with Gasteiger partial charge in [0.2, 0.25) is 0 Å². The fourth-order valence-corrected chi connectivity index (χ4v) is 2.81. The Morgan fingerprint density at radius 3 is 1.36 bits per heavy atom. The molecule has 1 atom stereocenters. The van der Waals surface area contributed by atoms with Gasteiger partial charge >= 0.3 is 0 Å². The Hall–Kier alpha value is -0.0800. The molecule has 134 valence electrons. The van der Waals surface area contributed by atoms with Crippen LogP contribution in [0.1, 0.15) is 104 Å². The van der Waals surface area contributed by atoms with Crippen molar-refractivity contribution in [1.82, 2.24) is 10.2 Å². The van der Waals surface area contributed by atoms with Gasteiger partial charge in [0.25, 0.3) is 0 Å². The quantitative estimate of drug-likeness (QED) is 0.263. The summed E-state index contributed by atoms with van der Waals surface area (Å²) in [6.07, 6.45) is 20.6. The second-order valence-corrected chi connectivity index (χ2v) is 7.19. The highest BCUT2D eigenvalue weighted by atomic mass is 15.2. The zero-order chi connectivity index (χ0) is 16.5. The van der Waals surface area contributed by atoms with Crippen LogP contribution in [0.5, 0.6) is 0 Å². The number of rotatable bonds is 17. The van der Waals surface area contributed by atoms with Crippen molar-refractivity contribution in [2.45, 2.75) is 110 Å². The van der Waals surface area contributed by atoms with Gasteiger partial charge in [-0.05, 0) is 34.0 Å². The largest absolute Gasteiger partial charge is 0.302 e. The maximum absolute atomic E-state index is 3.55. The molecule has 0 saturated carbocycles. The fraction of sp³-hybridized carbons (Fsp3) is 1.00. The van der Waals surface area contributed by atoms with Crippen LogP contribution in [0.2, 0.25) is 0 Å². The Balaban J connectivity index is 3.03. The molecule has 1 unspecified atom stereocenters. The predicted octanol–water partition coefficient (Wildman–Crippen LogP) is 5.96. The van der Waals surface area contributed by atoms with Crippen LogP contribution in [0, 0.1) is 0 Å². The molecule has 0 saturated heterocycles. The second kappa shape index (κ2) is 17.3. The van der Waals surface area contributed by atoms with Crippen molar-refractivity contribution in [3.05, 3.63) is 0 Å². The molecule has 0 aromatic heterocycles. The molecule has 0 fully saturated rings. The highest BCUT2D eigenvalue weighted by Crippen LogP contribution is 2.12. The Labute approximate surface area is 141 Å². The maximum atomic E-state index is 3.55. The van der Waals surface area contributed by atoms with E-state index in [0.717, 1.165) is 6.54 Å². The van der Waals surface area contributed by atoms with E-state index in [1.54, 1.807) is 0 Å². The predicted molar refractivity (Wildman–Crippen MR) is 101 cm³/mol. The number of hydrogen-bond acceptors (Lipinski definition) is 2. The van der Waals surface area contributed by atoms with Crippen LogP contribution in [0.15, 0.2) is 0 Å². The highest BCUT2D eigenvalue weighted by molar-refractivity contribution is 4.57. The van der Waals surface area contributed by atoms with Gasteiger partial charge in [0.15, 0.2) is 0 Å². The zero-order valence-corrected chi connectivity index (χ0v) is 16.1. The first-order valence-corrected chi connectivity index (χ1v) is 10.1. The normalized spacial score (nSPS) is 13.0. The van der Waals surface area contributed by atoms with Gasteiger partial charge in [0.1, 0.15) is 0 Å². The average Bonchev–Trinajstić information content (AvgIpc) is 2.50. The van der Waals surface area contributed by atoms with E-state index in [9.17, 15) is 0 Å². The summed E-state index contributed by atoms with van der Waals surface area (Å²) in [6.45, 7) is 5.68. The van der Waals surface area contributed by atoms with E-state index in [-0.39, 0.29) is 0 Å². The van der Waals surface area contributed by atoms with Crippen molar-refractivity contribution in [3.63, 3.8) is 0 Å². The van der Waals surface area contributed by atoms with Gasteiger partial charge in [0.05, 0.1) is 6.17 Å². The molecule has 0 heterocycles. The summed E-state index contributed by atoms with van der Waals surface area (Å²) in [7, 11) is 4.26. The summed E-state index contributed by atoms with van der Waals surface area (Å²) in [5.74, 6) is 0. The molecule has 0 aromatic rings. The molecule has 0 aliphatic heterocycles. The average molecular weight is 313 g/mol. The summed E-state index contributed by atoms with van der Waals surface area (Å²) in [5, 5.41) is 3.55. The Kier molecular flexibility index (Phi) is 17.2. The van der Waals surface area contributed by atoms with E-state index in [2.05, 4.69) is 38.2 Å². The van der Waals surface area contributed by atoms with Crippen molar-refractivity contribution < 1.29 is 0 Å². The van der Waals surface area contributed by atoms with Gasteiger partial charge in [0, 0.05) is 0 Å². The monoisotopic (exact) mass is 312 g/mol. The lowest BCUT2D eigenvalue weighted by Crippen LogP contribution is -2.39. The lowest BCUT2D eigenvalue weighted by molar-refractivity contribution is 0.264. The standard InChI is InChI=1S/C20H44N2/c1-5-6-7-8-9-10-11-12-13-14-15-16-17-18-19-21-20(2)22(3)4/h20-21H,5-19H2,1-4H3. The van der Waals surface area contributed by atoms with Crippen LogP contribution in [0.4, 0.5) is 0 Å². The molecule has 2 nitrogen and oxygen atoms in total. The van der Waals surface area contributed by atoms with Crippen LogP contribution in [-0.4, -0.2) is 31.7 Å². The third-order valence-electron chi connectivity index (χ3n) is 4.74. The first-order chi connectivity index (χ1) is 10.7. The SMILES string of the molecule is CCCCCCCCCCCCCCCCNC(C)N(C)C. The third kappa shape index (κ3) is 16.3.